The molecule has 24 heavy (non-hydrogen) atoms. The molecule has 3 rings (SSSR count). The predicted octanol–water partition coefficient (Wildman–Crippen LogP) is 3.45. The highest BCUT2D eigenvalue weighted by atomic mass is 16.5. The molecule has 1 aliphatic rings. The van der Waals surface area contributed by atoms with Crippen molar-refractivity contribution in [2.24, 2.45) is 0 Å². The second kappa shape index (κ2) is 6.87. The maximum absolute atomic E-state index is 11.6. The molecule has 0 aromatic heterocycles. The number of aryl methyl sites for hydroxylation is 2. The Morgan fingerprint density at radius 1 is 1.08 bits per heavy atom. The number of carboxylic acid groups (broad SMARTS) is 1. The van der Waals surface area contributed by atoms with Gasteiger partial charge in [-0.3, -0.25) is 9.59 Å². The molecular formula is C20H20O4. The molecule has 0 fully saturated rings. The Morgan fingerprint density at radius 2 is 1.83 bits per heavy atom. The smallest absolute Gasteiger partial charge is 0.303 e. The minimum atomic E-state index is -0.805. The van der Waals surface area contributed by atoms with Crippen LogP contribution in [0.15, 0.2) is 42.5 Å². The van der Waals surface area contributed by atoms with Crippen LogP contribution in [0.4, 0.5) is 0 Å². The van der Waals surface area contributed by atoms with E-state index in [2.05, 4.69) is 6.07 Å². The van der Waals surface area contributed by atoms with Gasteiger partial charge in [0.2, 0.25) is 0 Å². The summed E-state index contributed by atoms with van der Waals surface area (Å²) in [7, 11) is 0. The van der Waals surface area contributed by atoms with Gasteiger partial charge >= 0.3 is 11.9 Å². The van der Waals surface area contributed by atoms with Gasteiger partial charge in [0, 0.05) is 24.5 Å². The summed E-state index contributed by atoms with van der Waals surface area (Å²) >= 11 is 0. The molecule has 1 aliphatic carbocycles. The molecular weight excluding hydrogens is 304 g/mol. The highest BCUT2D eigenvalue weighted by Gasteiger charge is 2.27. The van der Waals surface area contributed by atoms with Crippen LogP contribution in [0.5, 0.6) is 0 Å². The number of carbonyl (C=O) groups excluding carboxylic acids is 1. The van der Waals surface area contributed by atoms with Crippen molar-refractivity contribution in [2.45, 2.75) is 38.7 Å². The summed E-state index contributed by atoms with van der Waals surface area (Å²) < 4.78 is 5.65. The summed E-state index contributed by atoms with van der Waals surface area (Å²) in [4.78, 5) is 22.6. The third-order valence-corrected chi connectivity index (χ3v) is 4.47. The fourth-order valence-corrected chi connectivity index (χ4v) is 3.42. The zero-order valence-electron chi connectivity index (χ0n) is 13.6. The van der Waals surface area contributed by atoms with E-state index < -0.39 is 12.1 Å². The first kappa shape index (κ1) is 16.2. The summed E-state index contributed by atoms with van der Waals surface area (Å²) in [5.41, 5.74) is 5.30. The summed E-state index contributed by atoms with van der Waals surface area (Å²) in [6, 6.07) is 13.9. The summed E-state index contributed by atoms with van der Waals surface area (Å²) in [5, 5.41) is 8.98. The Morgan fingerprint density at radius 3 is 2.58 bits per heavy atom. The fraction of sp³-hybridized carbons (Fsp3) is 0.300. The lowest BCUT2D eigenvalue weighted by atomic mass is 9.92. The molecule has 0 bridgehead atoms. The zero-order chi connectivity index (χ0) is 17.1. The second-order valence-corrected chi connectivity index (χ2v) is 6.07. The van der Waals surface area contributed by atoms with Gasteiger partial charge in [-0.1, -0.05) is 42.5 Å². The first-order valence-corrected chi connectivity index (χ1v) is 8.13. The van der Waals surface area contributed by atoms with E-state index in [0.717, 1.165) is 35.1 Å². The average Bonchev–Trinajstić information content (AvgIpc) is 2.71. The maximum Gasteiger partial charge on any atom is 0.303 e. The number of ether oxygens (including phenoxy) is 1. The van der Waals surface area contributed by atoms with Crippen molar-refractivity contribution in [3.05, 3.63) is 70.3 Å². The van der Waals surface area contributed by atoms with Gasteiger partial charge in [-0.2, -0.15) is 0 Å². The maximum atomic E-state index is 11.6. The van der Waals surface area contributed by atoms with E-state index in [0.29, 0.717) is 6.42 Å². The highest BCUT2D eigenvalue weighted by Crippen LogP contribution is 2.36. The summed E-state index contributed by atoms with van der Waals surface area (Å²) in [5.74, 6) is -1.13. The van der Waals surface area contributed by atoms with Crippen LogP contribution in [0, 0.1) is 0 Å². The Kier molecular flexibility index (Phi) is 4.65. The van der Waals surface area contributed by atoms with Gasteiger partial charge in [0.05, 0.1) is 0 Å². The molecule has 0 amide bonds. The van der Waals surface area contributed by atoms with Crippen LogP contribution in [0.1, 0.15) is 47.3 Å². The Labute approximate surface area is 141 Å². The van der Waals surface area contributed by atoms with E-state index >= 15 is 0 Å². The topological polar surface area (TPSA) is 63.6 Å². The Balaban J connectivity index is 2.08. The number of carbonyl (C=O) groups is 2. The normalized spacial score (nSPS) is 15.8. The molecule has 0 radical (unpaired) electrons. The lowest BCUT2D eigenvalue weighted by Gasteiger charge is -2.21. The highest BCUT2D eigenvalue weighted by molar-refractivity contribution is 5.68. The second-order valence-electron chi connectivity index (χ2n) is 6.07. The van der Waals surface area contributed by atoms with Crippen molar-refractivity contribution in [3.8, 4) is 0 Å². The number of fused-ring (bicyclic) bond motifs is 2. The predicted molar refractivity (Wildman–Crippen MR) is 89.9 cm³/mol. The largest absolute Gasteiger partial charge is 0.481 e. The standard InChI is InChI=1S/C20H20O4/c1-13(21)24-20-17-7-3-2-5-15(17)9-11-16-14(10-12-19(22)23)6-4-8-18(16)20/h2-8,20H,9-12H2,1H3,(H,22,23). The van der Waals surface area contributed by atoms with Crippen molar-refractivity contribution >= 4 is 11.9 Å². The minimum Gasteiger partial charge on any atom is -0.481 e. The van der Waals surface area contributed by atoms with Crippen LogP contribution in [0.25, 0.3) is 0 Å². The third kappa shape index (κ3) is 3.32. The van der Waals surface area contributed by atoms with Gasteiger partial charge in [-0.25, -0.2) is 0 Å². The first-order valence-electron chi connectivity index (χ1n) is 8.13. The molecule has 1 unspecified atom stereocenters. The van der Waals surface area contributed by atoms with Crippen LogP contribution in [0.3, 0.4) is 0 Å². The van der Waals surface area contributed by atoms with Crippen LogP contribution < -0.4 is 0 Å². The van der Waals surface area contributed by atoms with E-state index in [1.54, 1.807) is 0 Å². The molecule has 2 aromatic rings. The van der Waals surface area contributed by atoms with E-state index in [1.807, 2.05) is 36.4 Å². The van der Waals surface area contributed by atoms with Crippen molar-refractivity contribution < 1.29 is 19.4 Å². The number of benzene rings is 2. The number of carboxylic acids is 1. The molecule has 2 aromatic carbocycles. The first-order chi connectivity index (χ1) is 11.6. The fourth-order valence-electron chi connectivity index (χ4n) is 3.42. The van der Waals surface area contributed by atoms with Gasteiger partial charge in [-0.05, 0) is 36.0 Å². The molecule has 1 atom stereocenters. The average molecular weight is 324 g/mol. The third-order valence-electron chi connectivity index (χ3n) is 4.47. The number of esters is 1. The number of hydrogen-bond acceptors (Lipinski definition) is 3. The molecule has 0 saturated carbocycles. The molecule has 4 nitrogen and oxygen atoms in total. The van der Waals surface area contributed by atoms with Gasteiger partial charge in [0.15, 0.2) is 6.10 Å². The molecule has 4 heteroatoms. The quantitative estimate of drug-likeness (QED) is 0.875. The van der Waals surface area contributed by atoms with Gasteiger partial charge in [-0.15, -0.1) is 0 Å². The Hall–Kier alpha value is -2.62. The van der Waals surface area contributed by atoms with Crippen molar-refractivity contribution in [2.75, 3.05) is 0 Å². The van der Waals surface area contributed by atoms with E-state index in [-0.39, 0.29) is 12.4 Å². The summed E-state index contributed by atoms with van der Waals surface area (Å²) in [6.45, 7) is 1.42. The van der Waals surface area contributed by atoms with Gasteiger partial charge in [0.1, 0.15) is 0 Å². The van der Waals surface area contributed by atoms with Crippen molar-refractivity contribution in [1.82, 2.24) is 0 Å². The zero-order valence-corrected chi connectivity index (χ0v) is 13.6. The Bertz CT molecular complexity index is 779. The van der Waals surface area contributed by atoms with Crippen molar-refractivity contribution in [3.63, 3.8) is 0 Å². The van der Waals surface area contributed by atoms with Crippen LogP contribution in [-0.2, 0) is 33.6 Å². The van der Waals surface area contributed by atoms with E-state index in [9.17, 15) is 9.59 Å². The SMILES string of the molecule is CC(=O)OC1c2ccccc2CCc2c(CCC(=O)O)cccc21. The van der Waals surface area contributed by atoms with Crippen LogP contribution in [0.2, 0.25) is 0 Å². The minimum absolute atomic E-state index is 0.0988. The number of hydrogen-bond donors (Lipinski definition) is 1. The molecule has 0 saturated heterocycles. The number of aliphatic carboxylic acids is 1. The molecule has 124 valence electrons. The monoisotopic (exact) mass is 324 g/mol. The van der Waals surface area contributed by atoms with Crippen molar-refractivity contribution in [1.29, 1.82) is 0 Å². The lowest BCUT2D eigenvalue weighted by molar-refractivity contribution is -0.144. The number of rotatable bonds is 4. The molecule has 1 N–H and O–H groups in total. The van der Waals surface area contributed by atoms with E-state index in [1.165, 1.54) is 12.5 Å². The van der Waals surface area contributed by atoms with Gasteiger partial charge in [0.25, 0.3) is 0 Å². The van der Waals surface area contributed by atoms with Gasteiger partial charge < -0.3 is 9.84 Å². The molecule has 0 heterocycles. The molecule has 0 spiro atoms. The summed E-state index contributed by atoms with van der Waals surface area (Å²) in [6.07, 6.45) is 1.83. The van der Waals surface area contributed by atoms with Crippen LogP contribution >= 0.6 is 0 Å². The lowest BCUT2D eigenvalue weighted by Crippen LogP contribution is -2.12. The van der Waals surface area contributed by atoms with E-state index in [4.69, 9.17) is 9.84 Å². The molecule has 0 aliphatic heterocycles. The van der Waals surface area contributed by atoms with Crippen LogP contribution in [-0.4, -0.2) is 17.0 Å².